The number of aliphatic hydroxyl groups is 1. The maximum absolute atomic E-state index is 12.1. The Balaban J connectivity index is 2.55. The summed E-state index contributed by atoms with van der Waals surface area (Å²) in [6, 6.07) is 5.06. The van der Waals surface area contributed by atoms with E-state index in [4.69, 9.17) is 23.2 Å². The number of hydrogen-bond donors (Lipinski definition) is 2. The number of nitrogens with one attached hydrogen (secondary N) is 1. The number of aliphatic hydroxyl groups excluding tert-OH is 1. The van der Waals surface area contributed by atoms with Crippen molar-refractivity contribution in [1.29, 1.82) is 0 Å². The molecule has 0 saturated heterocycles. The number of hydrogen-bond acceptors (Lipinski definition) is 2. The van der Waals surface area contributed by atoms with E-state index < -0.39 is 6.10 Å². The molecule has 4 nitrogen and oxygen atoms in total. The maximum Gasteiger partial charge on any atom is 0.317 e. The van der Waals surface area contributed by atoms with Crippen LogP contribution in [0.1, 0.15) is 32.8 Å². The van der Waals surface area contributed by atoms with E-state index >= 15 is 0 Å². The molecule has 1 aromatic rings. The second kappa shape index (κ2) is 8.04. The first-order valence-corrected chi connectivity index (χ1v) is 7.97. The molecule has 22 heavy (non-hydrogen) atoms. The average Bonchev–Trinajstić information content (AvgIpc) is 2.33. The second-order valence-electron chi connectivity index (χ2n) is 6.51. The molecule has 2 amide bonds. The van der Waals surface area contributed by atoms with Crippen molar-refractivity contribution in [3.05, 3.63) is 33.8 Å². The lowest BCUT2D eigenvalue weighted by Crippen LogP contribution is -2.42. The third-order valence-corrected chi connectivity index (χ3v) is 3.69. The molecule has 0 aliphatic rings. The van der Waals surface area contributed by atoms with E-state index in [1.807, 2.05) is 13.8 Å². The van der Waals surface area contributed by atoms with E-state index in [0.717, 1.165) is 5.56 Å². The Labute approximate surface area is 142 Å². The van der Waals surface area contributed by atoms with Crippen LogP contribution in [0.3, 0.4) is 0 Å². The summed E-state index contributed by atoms with van der Waals surface area (Å²) in [6.07, 6.45) is 0.235. The highest BCUT2D eigenvalue weighted by Gasteiger charge is 2.22. The molecule has 1 unspecified atom stereocenters. The van der Waals surface area contributed by atoms with Gasteiger partial charge in [0.2, 0.25) is 0 Å². The molecule has 0 radical (unpaired) electrons. The van der Waals surface area contributed by atoms with Gasteiger partial charge >= 0.3 is 6.03 Å². The van der Waals surface area contributed by atoms with Gasteiger partial charge in [-0.2, -0.15) is 0 Å². The van der Waals surface area contributed by atoms with Crippen LogP contribution in [0, 0.1) is 5.41 Å². The minimum absolute atomic E-state index is 0.163. The van der Waals surface area contributed by atoms with Gasteiger partial charge in [-0.3, -0.25) is 0 Å². The Hall–Kier alpha value is -0.970. The van der Waals surface area contributed by atoms with Gasteiger partial charge in [-0.1, -0.05) is 37.0 Å². The van der Waals surface area contributed by atoms with Gasteiger partial charge in [-0.05, 0) is 42.5 Å². The van der Waals surface area contributed by atoms with Gasteiger partial charge in [-0.15, -0.1) is 0 Å². The van der Waals surface area contributed by atoms with Gasteiger partial charge in [0.05, 0.1) is 6.10 Å². The summed E-state index contributed by atoms with van der Waals surface area (Å²) in [5, 5.41) is 13.4. The van der Waals surface area contributed by atoms with E-state index in [9.17, 15) is 9.90 Å². The van der Waals surface area contributed by atoms with Crippen LogP contribution in [0.15, 0.2) is 18.2 Å². The average molecular weight is 347 g/mol. The van der Waals surface area contributed by atoms with Crippen molar-refractivity contribution in [3.8, 4) is 0 Å². The molecule has 0 saturated carbocycles. The number of benzene rings is 1. The number of urea groups is 1. The molecular formula is C16H24Cl2N2O2. The summed E-state index contributed by atoms with van der Waals surface area (Å²) in [7, 11) is 1.71. The molecule has 0 fully saturated rings. The van der Waals surface area contributed by atoms with Crippen LogP contribution in [-0.4, -0.2) is 35.7 Å². The van der Waals surface area contributed by atoms with Gasteiger partial charge in [0.25, 0.3) is 0 Å². The van der Waals surface area contributed by atoms with Crippen molar-refractivity contribution in [2.24, 2.45) is 5.41 Å². The smallest absolute Gasteiger partial charge is 0.317 e. The van der Waals surface area contributed by atoms with E-state index in [1.54, 1.807) is 37.1 Å². The van der Waals surface area contributed by atoms with Crippen molar-refractivity contribution in [2.75, 3.05) is 13.6 Å². The van der Waals surface area contributed by atoms with E-state index in [-0.39, 0.29) is 11.4 Å². The van der Waals surface area contributed by atoms with Crippen LogP contribution in [0.2, 0.25) is 10.0 Å². The fourth-order valence-electron chi connectivity index (χ4n) is 2.37. The van der Waals surface area contributed by atoms with Crippen molar-refractivity contribution in [2.45, 2.75) is 39.8 Å². The fraction of sp³-hybridized carbons (Fsp3) is 0.562. The molecular weight excluding hydrogens is 323 g/mol. The lowest BCUT2D eigenvalue weighted by molar-refractivity contribution is 0.127. The van der Waals surface area contributed by atoms with Gasteiger partial charge in [0.1, 0.15) is 0 Å². The van der Waals surface area contributed by atoms with Crippen LogP contribution < -0.4 is 5.32 Å². The van der Waals surface area contributed by atoms with Crippen molar-refractivity contribution >= 4 is 29.2 Å². The number of carbonyl (C=O) groups excluding carboxylic acids is 1. The molecule has 2 N–H and O–H groups in total. The van der Waals surface area contributed by atoms with Gasteiger partial charge in [0.15, 0.2) is 0 Å². The molecule has 0 aromatic heterocycles. The number of carbonyl (C=O) groups is 1. The van der Waals surface area contributed by atoms with Gasteiger partial charge in [-0.25, -0.2) is 4.79 Å². The van der Waals surface area contributed by atoms with Crippen molar-refractivity contribution in [1.82, 2.24) is 10.2 Å². The third-order valence-electron chi connectivity index (χ3n) is 3.25. The van der Waals surface area contributed by atoms with Crippen LogP contribution in [-0.2, 0) is 6.54 Å². The zero-order valence-corrected chi connectivity index (χ0v) is 15.0. The zero-order valence-electron chi connectivity index (χ0n) is 13.5. The second-order valence-corrected chi connectivity index (χ2v) is 7.38. The molecule has 0 spiro atoms. The molecule has 0 bridgehead atoms. The molecule has 124 valence electrons. The van der Waals surface area contributed by atoms with E-state index in [2.05, 4.69) is 5.32 Å². The quantitative estimate of drug-likeness (QED) is 0.819. The predicted octanol–water partition coefficient (Wildman–Crippen LogP) is 3.93. The first kappa shape index (κ1) is 19.1. The SMILES string of the molecule is CC(O)CC(C)(C)CNC(=O)N(C)Cc1cc(Cl)cc(Cl)c1. The largest absolute Gasteiger partial charge is 0.393 e. The monoisotopic (exact) mass is 346 g/mol. The highest BCUT2D eigenvalue weighted by molar-refractivity contribution is 6.34. The van der Waals surface area contributed by atoms with E-state index in [1.165, 1.54) is 0 Å². The Morgan fingerprint density at radius 1 is 1.32 bits per heavy atom. The number of nitrogens with zero attached hydrogens (tertiary/aromatic N) is 1. The molecule has 0 aliphatic heterocycles. The van der Waals surface area contributed by atoms with Crippen molar-refractivity contribution < 1.29 is 9.90 Å². The van der Waals surface area contributed by atoms with E-state index in [0.29, 0.717) is 29.6 Å². The number of halogens is 2. The minimum atomic E-state index is -0.391. The molecule has 1 atom stereocenters. The van der Waals surface area contributed by atoms with Crippen LogP contribution in [0.5, 0.6) is 0 Å². The summed E-state index contributed by atoms with van der Waals surface area (Å²) in [5.41, 5.74) is 0.711. The fourth-order valence-corrected chi connectivity index (χ4v) is 2.94. The summed E-state index contributed by atoms with van der Waals surface area (Å²) >= 11 is 11.9. The molecule has 0 heterocycles. The van der Waals surface area contributed by atoms with Crippen LogP contribution in [0.4, 0.5) is 4.79 Å². The normalized spacial score (nSPS) is 12.9. The zero-order chi connectivity index (χ0) is 16.9. The van der Waals surface area contributed by atoms with Crippen LogP contribution in [0.25, 0.3) is 0 Å². The number of amides is 2. The molecule has 1 aromatic carbocycles. The lowest BCUT2D eigenvalue weighted by Gasteiger charge is -2.28. The highest BCUT2D eigenvalue weighted by atomic mass is 35.5. The van der Waals surface area contributed by atoms with Crippen LogP contribution >= 0.6 is 23.2 Å². The third kappa shape index (κ3) is 6.86. The summed E-state index contributed by atoms with van der Waals surface area (Å²) < 4.78 is 0. The van der Waals surface area contributed by atoms with Gasteiger partial charge in [0, 0.05) is 30.2 Å². The summed E-state index contributed by atoms with van der Waals surface area (Å²) in [6.45, 7) is 6.69. The molecule has 0 aliphatic carbocycles. The topological polar surface area (TPSA) is 52.6 Å². The summed E-state index contributed by atoms with van der Waals surface area (Å²) in [4.78, 5) is 13.7. The Morgan fingerprint density at radius 2 is 1.86 bits per heavy atom. The Bertz CT molecular complexity index is 499. The molecule has 1 rings (SSSR count). The summed E-state index contributed by atoms with van der Waals surface area (Å²) in [5.74, 6) is 0. The lowest BCUT2D eigenvalue weighted by atomic mass is 9.87. The highest BCUT2D eigenvalue weighted by Crippen LogP contribution is 2.22. The Morgan fingerprint density at radius 3 is 2.36 bits per heavy atom. The predicted molar refractivity (Wildman–Crippen MR) is 91.4 cm³/mol. The molecule has 6 heteroatoms. The minimum Gasteiger partial charge on any atom is -0.393 e. The Kier molecular flexibility index (Phi) is 6.98. The first-order chi connectivity index (χ1) is 10.1. The van der Waals surface area contributed by atoms with Crippen molar-refractivity contribution in [3.63, 3.8) is 0 Å². The standard InChI is InChI=1S/C16H24Cl2N2O2/c1-11(21)8-16(2,3)10-19-15(22)20(4)9-12-5-13(17)7-14(18)6-12/h5-7,11,21H,8-10H2,1-4H3,(H,19,22). The maximum atomic E-state index is 12.1. The first-order valence-electron chi connectivity index (χ1n) is 7.21. The number of rotatable bonds is 6. The van der Waals surface area contributed by atoms with Gasteiger partial charge < -0.3 is 15.3 Å².